The third-order valence-electron chi connectivity index (χ3n) is 3.03. The Hall–Kier alpha value is -2.52. The van der Waals surface area contributed by atoms with Crippen LogP contribution in [0.15, 0.2) is 24.2 Å². The molecule has 5 N–H and O–H groups in total. The Morgan fingerprint density at radius 3 is 3.00 bits per heavy atom. The van der Waals surface area contributed by atoms with Crippen molar-refractivity contribution in [2.75, 3.05) is 18.5 Å². The predicted octanol–water partition coefficient (Wildman–Crippen LogP) is -0.411. The first-order valence-corrected chi connectivity index (χ1v) is 6.68. The van der Waals surface area contributed by atoms with Gasteiger partial charge in [-0.2, -0.15) is 4.98 Å². The van der Waals surface area contributed by atoms with E-state index < -0.39 is 12.0 Å². The van der Waals surface area contributed by atoms with Crippen molar-refractivity contribution in [3.63, 3.8) is 0 Å². The van der Waals surface area contributed by atoms with Crippen LogP contribution in [0.3, 0.4) is 0 Å². The number of imidazole rings is 1. The average Bonchev–Trinajstić information content (AvgIpc) is 2.89. The topological polar surface area (TPSA) is 139 Å². The van der Waals surface area contributed by atoms with Crippen LogP contribution in [0.2, 0.25) is 0 Å². The fourth-order valence-electron chi connectivity index (χ4n) is 1.75. The second-order valence-electron chi connectivity index (χ2n) is 4.83. The van der Waals surface area contributed by atoms with E-state index in [2.05, 4.69) is 20.3 Å². The number of nitrogens with one attached hydrogen (secondary N) is 1. The Bertz CT molecular complexity index is 696. The zero-order valence-electron chi connectivity index (χ0n) is 12.1. The van der Waals surface area contributed by atoms with Gasteiger partial charge >= 0.3 is 5.97 Å². The van der Waals surface area contributed by atoms with Crippen LogP contribution >= 0.6 is 0 Å². The SMILES string of the molecule is C/C(=C\CNc1ncc2ncn(C[C@H](N)C(=O)O)c2n1)CO. The average molecular weight is 306 g/mol. The van der Waals surface area contributed by atoms with Crippen LogP contribution in [0.25, 0.3) is 11.2 Å². The minimum absolute atomic E-state index is 0.00141. The summed E-state index contributed by atoms with van der Waals surface area (Å²) in [5.41, 5.74) is 7.44. The van der Waals surface area contributed by atoms with Crippen molar-refractivity contribution in [3.05, 3.63) is 24.2 Å². The third-order valence-corrected chi connectivity index (χ3v) is 3.03. The number of hydrogen-bond acceptors (Lipinski definition) is 7. The quantitative estimate of drug-likeness (QED) is 0.506. The Labute approximate surface area is 126 Å². The Kier molecular flexibility index (Phi) is 5.02. The minimum atomic E-state index is -1.08. The van der Waals surface area contributed by atoms with Gasteiger partial charge in [0.1, 0.15) is 11.6 Å². The van der Waals surface area contributed by atoms with Crippen LogP contribution in [0.1, 0.15) is 6.92 Å². The zero-order chi connectivity index (χ0) is 16.1. The monoisotopic (exact) mass is 306 g/mol. The summed E-state index contributed by atoms with van der Waals surface area (Å²) in [5.74, 6) is -0.695. The molecule has 0 aliphatic heterocycles. The fraction of sp³-hybridized carbons (Fsp3) is 0.385. The molecule has 0 aliphatic rings. The number of rotatable bonds is 7. The van der Waals surface area contributed by atoms with E-state index >= 15 is 0 Å². The first kappa shape index (κ1) is 15.9. The third kappa shape index (κ3) is 3.77. The summed E-state index contributed by atoms with van der Waals surface area (Å²) in [6, 6.07) is -1.03. The fourth-order valence-corrected chi connectivity index (χ4v) is 1.75. The number of fused-ring (bicyclic) bond motifs is 1. The molecule has 0 unspecified atom stereocenters. The van der Waals surface area contributed by atoms with Crippen molar-refractivity contribution in [1.82, 2.24) is 19.5 Å². The highest BCUT2D eigenvalue weighted by Crippen LogP contribution is 2.11. The summed E-state index contributed by atoms with van der Waals surface area (Å²) < 4.78 is 1.58. The molecule has 9 heteroatoms. The molecular weight excluding hydrogens is 288 g/mol. The molecule has 2 aromatic rings. The summed E-state index contributed by atoms with van der Waals surface area (Å²) >= 11 is 0. The van der Waals surface area contributed by atoms with E-state index in [9.17, 15) is 4.79 Å². The van der Waals surface area contributed by atoms with E-state index in [1.807, 2.05) is 13.0 Å². The molecule has 1 atom stereocenters. The van der Waals surface area contributed by atoms with Gasteiger partial charge < -0.3 is 25.8 Å². The normalized spacial score (nSPS) is 13.3. The number of nitrogens with zero attached hydrogens (tertiary/aromatic N) is 4. The lowest BCUT2D eigenvalue weighted by Crippen LogP contribution is -2.34. The molecule has 0 aromatic carbocycles. The molecular formula is C13H18N6O3. The van der Waals surface area contributed by atoms with Crippen molar-refractivity contribution in [3.8, 4) is 0 Å². The molecule has 0 aliphatic carbocycles. The Morgan fingerprint density at radius 1 is 1.55 bits per heavy atom. The van der Waals surface area contributed by atoms with Gasteiger partial charge in [0.05, 0.1) is 25.7 Å². The van der Waals surface area contributed by atoms with Crippen molar-refractivity contribution >= 4 is 23.1 Å². The maximum Gasteiger partial charge on any atom is 0.322 e. The number of anilines is 1. The molecule has 0 fully saturated rings. The van der Waals surface area contributed by atoms with Crippen LogP contribution in [0.5, 0.6) is 0 Å². The lowest BCUT2D eigenvalue weighted by atomic mass is 10.3. The summed E-state index contributed by atoms with van der Waals surface area (Å²) in [6.07, 6.45) is 4.86. The molecule has 118 valence electrons. The molecule has 0 amide bonds. The summed E-state index contributed by atoms with van der Waals surface area (Å²) in [4.78, 5) is 23.4. The number of nitrogens with two attached hydrogens (primary N) is 1. The number of carboxylic acids is 1. The minimum Gasteiger partial charge on any atom is -0.480 e. The van der Waals surface area contributed by atoms with Crippen LogP contribution < -0.4 is 11.1 Å². The number of carbonyl (C=O) groups is 1. The van der Waals surface area contributed by atoms with Crippen molar-refractivity contribution < 1.29 is 15.0 Å². The van der Waals surface area contributed by atoms with Crippen LogP contribution in [-0.4, -0.2) is 54.9 Å². The summed E-state index contributed by atoms with van der Waals surface area (Å²) in [7, 11) is 0. The van der Waals surface area contributed by atoms with E-state index in [0.717, 1.165) is 5.57 Å². The molecule has 0 radical (unpaired) electrons. The standard InChI is InChI=1S/C13H18N6O3/c1-8(6-20)2-3-15-13-16-4-10-11(18-13)19(7-17-10)5-9(14)12(21)22/h2,4,7,9,20H,3,5-6,14H2,1H3,(H,21,22)(H,15,16,18)/b8-2+/t9-/m0/s1. The van der Waals surface area contributed by atoms with E-state index in [4.69, 9.17) is 15.9 Å². The number of aromatic nitrogens is 4. The van der Waals surface area contributed by atoms with Gasteiger partial charge in [-0.25, -0.2) is 9.97 Å². The van der Waals surface area contributed by atoms with Crippen molar-refractivity contribution in [1.29, 1.82) is 0 Å². The molecule has 2 aromatic heterocycles. The second-order valence-corrected chi connectivity index (χ2v) is 4.83. The molecule has 0 spiro atoms. The van der Waals surface area contributed by atoms with E-state index in [1.165, 1.54) is 6.33 Å². The number of aliphatic hydroxyl groups is 1. The Balaban J connectivity index is 2.16. The van der Waals surface area contributed by atoms with Gasteiger partial charge in [-0.05, 0) is 6.92 Å². The van der Waals surface area contributed by atoms with Gasteiger partial charge in [-0.1, -0.05) is 11.6 Å². The summed E-state index contributed by atoms with van der Waals surface area (Å²) in [5, 5.41) is 20.8. The maximum atomic E-state index is 10.8. The number of aliphatic hydroxyl groups excluding tert-OH is 1. The number of hydrogen-bond donors (Lipinski definition) is 4. The van der Waals surface area contributed by atoms with Crippen LogP contribution in [0, 0.1) is 0 Å². The second kappa shape index (κ2) is 6.96. The zero-order valence-corrected chi connectivity index (χ0v) is 12.1. The van der Waals surface area contributed by atoms with E-state index in [1.54, 1.807) is 10.8 Å². The van der Waals surface area contributed by atoms with Crippen molar-refractivity contribution in [2.45, 2.75) is 19.5 Å². The van der Waals surface area contributed by atoms with Crippen molar-refractivity contribution in [2.24, 2.45) is 5.73 Å². The predicted molar refractivity (Wildman–Crippen MR) is 80.3 cm³/mol. The van der Waals surface area contributed by atoms with E-state index in [-0.39, 0.29) is 13.2 Å². The molecule has 0 saturated heterocycles. The first-order valence-electron chi connectivity index (χ1n) is 6.68. The van der Waals surface area contributed by atoms with Gasteiger partial charge in [0.2, 0.25) is 5.95 Å². The molecule has 0 bridgehead atoms. The molecule has 2 heterocycles. The van der Waals surface area contributed by atoms with Gasteiger partial charge in [0.15, 0.2) is 5.65 Å². The van der Waals surface area contributed by atoms with Gasteiger partial charge in [0, 0.05) is 6.54 Å². The maximum absolute atomic E-state index is 10.8. The lowest BCUT2D eigenvalue weighted by Gasteiger charge is -2.08. The lowest BCUT2D eigenvalue weighted by molar-refractivity contribution is -0.138. The van der Waals surface area contributed by atoms with Gasteiger partial charge in [-0.3, -0.25) is 4.79 Å². The van der Waals surface area contributed by atoms with Gasteiger partial charge in [0.25, 0.3) is 0 Å². The molecule has 0 saturated carbocycles. The molecule has 22 heavy (non-hydrogen) atoms. The molecule has 9 nitrogen and oxygen atoms in total. The summed E-state index contributed by atoms with van der Waals surface area (Å²) in [6.45, 7) is 2.36. The number of aliphatic carboxylic acids is 1. The Morgan fingerprint density at radius 2 is 2.32 bits per heavy atom. The highest BCUT2D eigenvalue weighted by Gasteiger charge is 2.15. The highest BCUT2D eigenvalue weighted by molar-refractivity contribution is 5.74. The first-order chi connectivity index (χ1) is 10.5. The molecule has 2 rings (SSSR count). The van der Waals surface area contributed by atoms with E-state index in [0.29, 0.717) is 23.7 Å². The van der Waals surface area contributed by atoms with Gasteiger partial charge in [-0.15, -0.1) is 0 Å². The smallest absolute Gasteiger partial charge is 0.322 e. The largest absolute Gasteiger partial charge is 0.480 e. The number of carboxylic acid groups (broad SMARTS) is 1. The van der Waals surface area contributed by atoms with Crippen LogP contribution in [0.4, 0.5) is 5.95 Å². The highest BCUT2D eigenvalue weighted by atomic mass is 16.4. The van der Waals surface area contributed by atoms with Crippen LogP contribution in [-0.2, 0) is 11.3 Å².